The molecular formula is C17H20N4. The number of aromatic nitrogens is 4. The molecule has 0 saturated carbocycles. The topological polar surface area (TPSA) is 54.5 Å². The van der Waals surface area contributed by atoms with Crippen LogP contribution in [0.5, 0.6) is 0 Å². The second kappa shape index (κ2) is 6.48. The minimum Gasteiger partial charge on any atom is -0.274 e. The minimum absolute atomic E-state index is 0.760. The smallest absolute Gasteiger partial charge is 0.133 e. The van der Waals surface area contributed by atoms with E-state index in [1.807, 2.05) is 24.4 Å². The van der Waals surface area contributed by atoms with Crippen LogP contribution in [0.1, 0.15) is 43.3 Å². The first-order valence-electron chi connectivity index (χ1n) is 7.59. The Bertz CT molecular complexity index is 703. The van der Waals surface area contributed by atoms with Crippen LogP contribution >= 0.6 is 0 Å². The summed E-state index contributed by atoms with van der Waals surface area (Å²) in [5.74, 6) is 0.854. The van der Waals surface area contributed by atoms with E-state index in [0.717, 1.165) is 41.8 Å². The van der Waals surface area contributed by atoms with Crippen molar-refractivity contribution in [3.63, 3.8) is 0 Å². The zero-order chi connectivity index (χ0) is 14.5. The van der Waals surface area contributed by atoms with E-state index in [-0.39, 0.29) is 0 Å². The largest absolute Gasteiger partial charge is 0.274 e. The number of nitrogens with one attached hydrogen (secondary N) is 1. The molecule has 1 N–H and O–H groups in total. The number of hydrogen-bond acceptors (Lipinski definition) is 3. The molecule has 3 aromatic rings. The predicted molar refractivity (Wildman–Crippen MR) is 84.2 cm³/mol. The first-order valence-corrected chi connectivity index (χ1v) is 7.59. The van der Waals surface area contributed by atoms with Crippen LogP contribution in [-0.2, 0) is 12.8 Å². The molecule has 0 unspecified atom stereocenters. The average molecular weight is 280 g/mol. The number of fused-ring (bicyclic) bond motifs is 1. The fourth-order valence-corrected chi connectivity index (χ4v) is 2.48. The number of rotatable bonds is 6. The molecule has 0 aliphatic rings. The minimum atomic E-state index is 0.760. The number of nitrogens with zero attached hydrogens (tertiary/aromatic N) is 3. The highest BCUT2D eigenvalue weighted by atomic mass is 15.1. The molecule has 1 aromatic carbocycles. The lowest BCUT2D eigenvalue weighted by molar-refractivity contribution is 0.706. The van der Waals surface area contributed by atoms with Gasteiger partial charge < -0.3 is 0 Å². The second-order valence-electron chi connectivity index (χ2n) is 5.34. The third-order valence-electron chi connectivity index (χ3n) is 3.65. The first-order chi connectivity index (χ1) is 10.4. The molecule has 21 heavy (non-hydrogen) atoms. The Hall–Kier alpha value is -2.23. The molecule has 4 nitrogen and oxygen atoms in total. The van der Waals surface area contributed by atoms with E-state index in [2.05, 4.69) is 34.2 Å². The summed E-state index contributed by atoms with van der Waals surface area (Å²) in [6.45, 7) is 2.21. The molecule has 0 atom stereocenters. The third-order valence-corrected chi connectivity index (χ3v) is 3.65. The molecule has 0 saturated heterocycles. The van der Waals surface area contributed by atoms with Gasteiger partial charge in [0, 0.05) is 6.42 Å². The molecule has 3 rings (SSSR count). The average Bonchev–Trinajstić information content (AvgIpc) is 2.91. The monoisotopic (exact) mass is 280 g/mol. The van der Waals surface area contributed by atoms with E-state index in [0.29, 0.717) is 0 Å². The number of aryl methyl sites for hydroxylation is 1. The molecule has 2 aromatic heterocycles. The zero-order valence-electron chi connectivity index (χ0n) is 12.3. The van der Waals surface area contributed by atoms with Crippen molar-refractivity contribution < 1.29 is 0 Å². The van der Waals surface area contributed by atoms with Crippen LogP contribution < -0.4 is 0 Å². The van der Waals surface area contributed by atoms with Crippen molar-refractivity contribution in [2.45, 2.75) is 39.0 Å². The first kappa shape index (κ1) is 13.7. The van der Waals surface area contributed by atoms with E-state index in [1.165, 1.54) is 18.4 Å². The summed E-state index contributed by atoms with van der Waals surface area (Å²) in [6.07, 6.45) is 7.20. The van der Waals surface area contributed by atoms with Crippen LogP contribution in [0.2, 0.25) is 0 Å². The van der Waals surface area contributed by atoms with Crippen LogP contribution in [0.15, 0.2) is 36.5 Å². The lowest BCUT2D eigenvalue weighted by atomic mass is 10.1. The summed E-state index contributed by atoms with van der Waals surface area (Å²) in [4.78, 5) is 9.13. The third kappa shape index (κ3) is 3.27. The molecule has 0 spiro atoms. The van der Waals surface area contributed by atoms with Gasteiger partial charge in [-0.15, -0.1) is 0 Å². The molecule has 2 heterocycles. The number of benzene rings is 1. The van der Waals surface area contributed by atoms with Gasteiger partial charge in [-0.2, -0.15) is 5.10 Å². The van der Waals surface area contributed by atoms with Gasteiger partial charge in [0.15, 0.2) is 0 Å². The number of hydrogen-bond donors (Lipinski definition) is 1. The van der Waals surface area contributed by atoms with E-state index in [4.69, 9.17) is 4.98 Å². The molecule has 4 heteroatoms. The number of aromatic amines is 1. The van der Waals surface area contributed by atoms with Crippen molar-refractivity contribution >= 4 is 11.0 Å². The highest BCUT2D eigenvalue weighted by Crippen LogP contribution is 2.16. The Morgan fingerprint density at radius 1 is 1.10 bits per heavy atom. The summed E-state index contributed by atoms with van der Waals surface area (Å²) in [5, 5.41) is 7.42. The maximum atomic E-state index is 4.70. The SMILES string of the molecule is CCCCCc1n[nH]c2cnc(Cc3ccccc3)nc12. The zero-order valence-corrected chi connectivity index (χ0v) is 12.3. The van der Waals surface area contributed by atoms with Gasteiger partial charge in [-0.25, -0.2) is 9.97 Å². The second-order valence-corrected chi connectivity index (χ2v) is 5.34. The van der Waals surface area contributed by atoms with Gasteiger partial charge >= 0.3 is 0 Å². The van der Waals surface area contributed by atoms with E-state index in [9.17, 15) is 0 Å². The maximum Gasteiger partial charge on any atom is 0.133 e. The summed E-state index contributed by atoms with van der Waals surface area (Å²) < 4.78 is 0. The predicted octanol–water partition coefficient (Wildman–Crippen LogP) is 3.68. The molecule has 0 bridgehead atoms. The number of unbranched alkanes of at least 4 members (excludes halogenated alkanes) is 2. The van der Waals surface area contributed by atoms with Gasteiger partial charge in [-0.3, -0.25) is 5.10 Å². The summed E-state index contributed by atoms with van der Waals surface area (Å²) in [7, 11) is 0. The molecule has 108 valence electrons. The maximum absolute atomic E-state index is 4.70. The molecule has 0 radical (unpaired) electrons. The quantitative estimate of drug-likeness (QED) is 0.701. The Labute approximate surface area is 124 Å². The Morgan fingerprint density at radius 3 is 2.76 bits per heavy atom. The molecular weight excluding hydrogens is 260 g/mol. The van der Waals surface area contributed by atoms with Crippen molar-refractivity contribution in [3.8, 4) is 0 Å². The van der Waals surface area contributed by atoms with Crippen molar-refractivity contribution in [2.24, 2.45) is 0 Å². The lowest BCUT2D eigenvalue weighted by Gasteiger charge is -2.01. The van der Waals surface area contributed by atoms with Gasteiger partial charge in [0.2, 0.25) is 0 Å². The van der Waals surface area contributed by atoms with Crippen molar-refractivity contribution in [3.05, 3.63) is 53.6 Å². The molecule has 0 fully saturated rings. The summed E-state index contributed by atoms with van der Waals surface area (Å²) >= 11 is 0. The fraction of sp³-hybridized carbons (Fsp3) is 0.353. The number of H-pyrrole nitrogens is 1. The Morgan fingerprint density at radius 2 is 1.95 bits per heavy atom. The fourth-order valence-electron chi connectivity index (χ4n) is 2.48. The van der Waals surface area contributed by atoms with Crippen LogP contribution in [0.4, 0.5) is 0 Å². The lowest BCUT2D eigenvalue weighted by Crippen LogP contribution is -1.97. The van der Waals surface area contributed by atoms with Gasteiger partial charge in [-0.05, 0) is 18.4 Å². The molecule has 0 aliphatic carbocycles. The van der Waals surface area contributed by atoms with E-state index >= 15 is 0 Å². The highest BCUT2D eigenvalue weighted by Gasteiger charge is 2.09. The van der Waals surface area contributed by atoms with Crippen molar-refractivity contribution in [1.29, 1.82) is 0 Å². The molecule has 0 aliphatic heterocycles. The summed E-state index contributed by atoms with van der Waals surface area (Å²) in [6, 6.07) is 10.3. The highest BCUT2D eigenvalue weighted by molar-refractivity contribution is 5.75. The van der Waals surface area contributed by atoms with Crippen LogP contribution in [0.3, 0.4) is 0 Å². The molecule has 0 amide bonds. The van der Waals surface area contributed by atoms with Crippen molar-refractivity contribution in [2.75, 3.05) is 0 Å². The van der Waals surface area contributed by atoms with E-state index in [1.54, 1.807) is 0 Å². The van der Waals surface area contributed by atoms with Gasteiger partial charge in [0.05, 0.1) is 11.9 Å². The Kier molecular flexibility index (Phi) is 4.24. The standard InChI is InChI=1S/C17H20N4/c1-2-3-5-10-14-17-15(21-20-14)12-18-16(19-17)11-13-8-6-4-7-9-13/h4,6-9,12H,2-3,5,10-11H2,1H3,(H,20,21). The normalized spacial score (nSPS) is 11.1. The van der Waals surface area contributed by atoms with E-state index < -0.39 is 0 Å². The van der Waals surface area contributed by atoms with Crippen LogP contribution in [0.25, 0.3) is 11.0 Å². The van der Waals surface area contributed by atoms with Gasteiger partial charge in [0.25, 0.3) is 0 Å². The summed E-state index contributed by atoms with van der Waals surface area (Å²) in [5.41, 5.74) is 4.20. The Balaban J connectivity index is 1.82. The van der Waals surface area contributed by atoms with Crippen LogP contribution in [0, 0.1) is 0 Å². The van der Waals surface area contributed by atoms with Crippen molar-refractivity contribution in [1.82, 2.24) is 20.2 Å². The van der Waals surface area contributed by atoms with Gasteiger partial charge in [0.1, 0.15) is 16.9 Å². The van der Waals surface area contributed by atoms with Gasteiger partial charge in [-0.1, -0.05) is 50.1 Å². The van der Waals surface area contributed by atoms with Crippen LogP contribution in [-0.4, -0.2) is 20.2 Å².